The van der Waals surface area contributed by atoms with Gasteiger partial charge in [-0.25, -0.2) is 0 Å². The van der Waals surface area contributed by atoms with Crippen molar-refractivity contribution in [1.82, 2.24) is 15.1 Å². The van der Waals surface area contributed by atoms with Gasteiger partial charge in [-0.2, -0.15) is 0 Å². The Morgan fingerprint density at radius 3 is 2.60 bits per heavy atom. The van der Waals surface area contributed by atoms with E-state index in [-0.39, 0.29) is 5.91 Å². The largest absolute Gasteiger partial charge is 0.359 e. The van der Waals surface area contributed by atoms with Gasteiger partial charge in [0.1, 0.15) is 11.4 Å². The maximum absolute atomic E-state index is 12.2. The fraction of sp³-hybridized carbons (Fsp3) is 0.143. The quantitative estimate of drug-likeness (QED) is 0.772. The molecule has 0 saturated heterocycles. The van der Waals surface area contributed by atoms with Crippen molar-refractivity contribution < 1.29 is 9.32 Å². The number of aryl methyl sites for hydroxylation is 2. The number of fused-ring (bicyclic) bond motifs is 1. The van der Waals surface area contributed by atoms with Gasteiger partial charge in [-0.1, -0.05) is 5.16 Å². The Hall–Kier alpha value is -2.76. The molecule has 0 bridgehead atoms. The van der Waals surface area contributed by atoms with E-state index in [1.165, 1.54) is 0 Å². The molecule has 100 valence electrons. The Kier molecular flexibility index (Phi) is 2.90. The highest BCUT2D eigenvalue weighted by Gasteiger charge is 2.14. The number of amides is 1. The lowest BCUT2D eigenvalue weighted by molar-refractivity contribution is 0.102. The van der Waals surface area contributed by atoms with Crippen molar-refractivity contribution in [2.45, 2.75) is 13.8 Å². The van der Waals surface area contributed by atoms with Crippen molar-refractivity contribution in [2.24, 2.45) is 0 Å². The van der Waals surface area contributed by atoms with Gasteiger partial charge in [0.25, 0.3) is 5.91 Å². The predicted octanol–water partition coefficient (Wildman–Crippen LogP) is 2.49. The number of carbonyl (C=O) groups is 1. The molecule has 6 nitrogen and oxygen atoms in total. The van der Waals surface area contributed by atoms with E-state index in [4.69, 9.17) is 4.52 Å². The summed E-state index contributed by atoms with van der Waals surface area (Å²) in [5.74, 6) is 0.350. The lowest BCUT2D eigenvalue weighted by atomic mass is 10.1. The van der Waals surface area contributed by atoms with Gasteiger partial charge in [-0.3, -0.25) is 14.8 Å². The van der Waals surface area contributed by atoms with Gasteiger partial charge in [-0.15, -0.1) is 0 Å². The average Bonchev–Trinajstić information content (AvgIpc) is 2.78. The van der Waals surface area contributed by atoms with Crippen molar-refractivity contribution in [2.75, 3.05) is 5.32 Å². The average molecular weight is 268 g/mol. The van der Waals surface area contributed by atoms with E-state index in [0.29, 0.717) is 28.2 Å². The Morgan fingerprint density at radius 1 is 1.15 bits per heavy atom. The summed E-state index contributed by atoms with van der Waals surface area (Å²) in [5, 5.41) is 6.60. The Morgan fingerprint density at radius 2 is 1.90 bits per heavy atom. The smallest absolute Gasteiger partial charge is 0.255 e. The molecule has 3 rings (SSSR count). The zero-order chi connectivity index (χ0) is 14.1. The fourth-order valence-corrected chi connectivity index (χ4v) is 1.95. The molecule has 20 heavy (non-hydrogen) atoms. The van der Waals surface area contributed by atoms with Crippen LogP contribution in [0.2, 0.25) is 0 Å². The van der Waals surface area contributed by atoms with Crippen LogP contribution in [0.5, 0.6) is 0 Å². The molecule has 0 spiro atoms. The number of nitrogens with one attached hydrogen (secondary N) is 1. The van der Waals surface area contributed by atoms with Crippen molar-refractivity contribution in [3.05, 3.63) is 47.6 Å². The third kappa shape index (κ3) is 2.11. The molecule has 0 unspecified atom stereocenters. The van der Waals surface area contributed by atoms with Crippen LogP contribution in [0.15, 0.2) is 35.1 Å². The van der Waals surface area contributed by atoms with E-state index >= 15 is 0 Å². The van der Waals surface area contributed by atoms with Crippen molar-refractivity contribution >= 4 is 22.6 Å². The third-order valence-corrected chi connectivity index (χ3v) is 3.00. The molecule has 0 fully saturated rings. The fourth-order valence-electron chi connectivity index (χ4n) is 1.95. The summed E-state index contributed by atoms with van der Waals surface area (Å²) in [6.07, 6.45) is 3.21. The van der Waals surface area contributed by atoms with Crippen LogP contribution in [-0.2, 0) is 0 Å². The third-order valence-electron chi connectivity index (χ3n) is 3.00. The molecule has 1 N–H and O–H groups in total. The van der Waals surface area contributed by atoms with Crippen LogP contribution >= 0.6 is 0 Å². The zero-order valence-corrected chi connectivity index (χ0v) is 11.0. The van der Waals surface area contributed by atoms with E-state index in [1.807, 2.05) is 0 Å². The van der Waals surface area contributed by atoms with E-state index < -0.39 is 0 Å². The van der Waals surface area contributed by atoms with Gasteiger partial charge in [0, 0.05) is 18.0 Å². The summed E-state index contributed by atoms with van der Waals surface area (Å²) >= 11 is 0. The number of nitrogens with zero attached hydrogens (tertiary/aromatic N) is 3. The Labute approximate surface area is 114 Å². The number of carbonyl (C=O) groups excluding carboxylic acids is 1. The Balaban J connectivity index is 1.93. The first-order valence-corrected chi connectivity index (χ1v) is 6.10. The summed E-state index contributed by atoms with van der Waals surface area (Å²) in [6, 6.07) is 5.19. The van der Waals surface area contributed by atoms with Crippen LogP contribution in [0.3, 0.4) is 0 Å². The van der Waals surface area contributed by atoms with Crippen LogP contribution < -0.4 is 5.32 Å². The number of aromatic nitrogens is 3. The van der Waals surface area contributed by atoms with Crippen LogP contribution in [-0.4, -0.2) is 21.0 Å². The summed E-state index contributed by atoms with van der Waals surface area (Å²) in [7, 11) is 0. The monoisotopic (exact) mass is 268 g/mol. The van der Waals surface area contributed by atoms with Crippen LogP contribution in [0.25, 0.3) is 11.0 Å². The molecule has 0 atom stereocenters. The zero-order valence-electron chi connectivity index (χ0n) is 11.0. The highest BCUT2D eigenvalue weighted by molar-refractivity contribution is 6.06. The lowest BCUT2D eigenvalue weighted by Crippen LogP contribution is -2.13. The normalized spacial score (nSPS) is 10.7. The van der Waals surface area contributed by atoms with Gasteiger partial charge >= 0.3 is 0 Å². The lowest BCUT2D eigenvalue weighted by Gasteiger charge is -2.05. The second-order valence-electron chi connectivity index (χ2n) is 4.41. The SMILES string of the molecule is Cc1noc(C)c1NC(=O)c1ccc2nccnc2c1. The molecular formula is C14H12N4O2. The number of anilines is 1. The first-order chi connectivity index (χ1) is 9.65. The van der Waals surface area contributed by atoms with Gasteiger partial charge in [-0.05, 0) is 32.0 Å². The minimum atomic E-state index is -0.230. The summed E-state index contributed by atoms with van der Waals surface area (Å²) in [6.45, 7) is 3.53. The topological polar surface area (TPSA) is 80.9 Å². The Bertz CT molecular complexity index is 775. The number of benzene rings is 1. The van der Waals surface area contributed by atoms with E-state index in [1.54, 1.807) is 44.4 Å². The maximum atomic E-state index is 12.2. The minimum absolute atomic E-state index is 0.230. The van der Waals surface area contributed by atoms with Crippen LogP contribution in [0.4, 0.5) is 5.69 Å². The molecule has 0 aliphatic heterocycles. The van der Waals surface area contributed by atoms with Gasteiger partial charge < -0.3 is 9.84 Å². The second-order valence-corrected chi connectivity index (χ2v) is 4.41. The molecule has 6 heteroatoms. The number of hydrogen-bond donors (Lipinski definition) is 1. The number of hydrogen-bond acceptors (Lipinski definition) is 5. The first-order valence-electron chi connectivity index (χ1n) is 6.10. The maximum Gasteiger partial charge on any atom is 0.255 e. The van der Waals surface area contributed by atoms with E-state index in [2.05, 4.69) is 20.4 Å². The minimum Gasteiger partial charge on any atom is -0.359 e. The number of rotatable bonds is 2. The van der Waals surface area contributed by atoms with Crippen LogP contribution in [0.1, 0.15) is 21.8 Å². The standard InChI is InChI=1S/C14H12N4O2/c1-8-13(9(2)20-18-8)17-14(19)10-3-4-11-12(7-10)16-6-5-15-11/h3-7H,1-2H3,(H,17,19). The molecule has 0 radical (unpaired) electrons. The highest BCUT2D eigenvalue weighted by Crippen LogP contribution is 2.20. The highest BCUT2D eigenvalue weighted by atomic mass is 16.5. The molecule has 3 aromatic rings. The molecule has 0 saturated carbocycles. The summed E-state index contributed by atoms with van der Waals surface area (Å²) < 4.78 is 5.02. The van der Waals surface area contributed by atoms with Crippen molar-refractivity contribution in [3.8, 4) is 0 Å². The van der Waals surface area contributed by atoms with Gasteiger partial charge in [0.2, 0.25) is 0 Å². The molecule has 0 aliphatic carbocycles. The first kappa shape index (κ1) is 12.3. The van der Waals surface area contributed by atoms with E-state index in [9.17, 15) is 4.79 Å². The van der Waals surface area contributed by atoms with E-state index in [0.717, 1.165) is 5.52 Å². The summed E-state index contributed by atoms with van der Waals surface area (Å²) in [4.78, 5) is 20.6. The molecule has 2 heterocycles. The molecule has 0 aliphatic rings. The van der Waals surface area contributed by atoms with Crippen molar-refractivity contribution in [3.63, 3.8) is 0 Å². The predicted molar refractivity (Wildman–Crippen MR) is 73.5 cm³/mol. The van der Waals surface area contributed by atoms with Crippen LogP contribution in [0, 0.1) is 13.8 Å². The van der Waals surface area contributed by atoms with Gasteiger partial charge in [0.15, 0.2) is 5.76 Å². The molecular weight excluding hydrogens is 256 g/mol. The summed E-state index contributed by atoms with van der Waals surface area (Å²) in [5.41, 5.74) is 3.20. The molecule has 1 amide bonds. The molecule has 2 aromatic heterocycles. The van der Waals surface area contributed by atoms with Gasteiger partial charge in [0.05, 0.1) is 11.0 Å². The van der Waals surface area contributed by atoms with Crippen molar-refractivity contribution in [1.29, 1.82) is 0 Å². The molecule has 1 aromatic carbocycles. The second kappa shape index (κ2) is 4.73.